The quantitative estimate of drug-likeness (QED) is 0.826. The van der Waals surface area contributed by atoms with Crippen molar-refractivity contribution in [3.05, 3.63) is 22.1 Å². The van der Waals surface area contributed by atoms with Crippen LogP contribution >= 0.6 is 11.6 Å². The summed E-state index contributed by atoms with van der Waals surface area (Å²) in [4.78, 5) is 19.4. The van der Waals surface area contributed by atoms with Crippen molar-refractivity contribution in [1.29, 1.82) is 0 Å². The molecule has 16 heavy (non-hydrogen) atoms. The van der Waals surface area contributed by atoms with Crippen LogP contribution in [0.25, 0.3) is 11.2 Å². The Morgan fingerprint density at radius 3 is 2.56 bits per heavy atom. The van der Waals surface area contributed by atoms with Gasteiger partial charge < -0.3 is 9.67 Å². The molecule has 1 N–H and O–H groups in total. The van der Waals surface area contributed by atoms with Crippen LogP contribution in [-0.4, -0.2) is 25.6 Å². The smallest absolute Gasteiger partial charge is 0.339 e. The third-order valence-corrected chi connectivity index (χ3v) is 2.93. The molecular formula is C10H10ClN3O2. The van der Waals surface area contributed by atoms with Crippen LogP contribution in [0.4, 0.5) is 0 Å². The van der Waals surface area contributed by atoms with Gasteiger partial charge >= 0.3 is 5.97 Å². The van der Waals surface area contributed by atoms with Gasteiger partial charge in [-0.15, -0.1) is 0 Å². The number of nitrogens with zero attached hydrogens (tertiary/aromatic N) is 3. The van der Waals surface area contributed by atoms with Crippen LogP contribution < -0.4 is 0 Å². The van der Waals surface area contributed by atoms with Crippen molar-refractivity contribution in [3.8, 4) is 0 Å². The first-order valence-electron chi connectivity index (χ1n) is 4.66. The van der Waals surface area contributed by atoms with Gasteiger partial charge in [-0.2, -0.15) is 0 Å². The lowest BCUT2D eigenvalue weighted by Gasteiger charge is -2.04. The van der Waals surface area contributed by atoms with Gasteiger partial charge in [0.1, 0.15) is 16.9 Å². The Labute approximate surface area is 96.7 Å². The van der Waals surface area contributed by atoms with Crippen LogP contribution in [0, 0.1) is 13.8 Å². The number of hydrogen-bond donors (Lipinski definition) is 1. The first-order chi connectivity index (χ1) is 7.43. The monoisotopic (exact) mass is 239 g/mol. The molecule has 0 aromatic carbocycles. The van der Waals surface area contributed by atoms with E-state index in [4.69, 9.17) is 16.7 Å². The molecule has 84 valence electrons. The molecule has 0 radical (unpaired) electrons. The molecule has 0 amide bonds. The predicted octanol–water partition coefficient (Wildman–Crippen LogP) is 1.94. The molecule has 2 rings (SSSR count). The number of aryl methyl sites for hydroxylation is 3. The molecule has 2 heterocycles. The average molecular weight is 240 g/mol. The molecule has 0 aliphatic carbocycles. The minimum absolute atomic E-state index is 0.0206. The summed E-state index contributed by atoms with van der Waals surface area (Å²) >= 11 is 6.03. The summed E-state index contributed by atoms with van der Waals surface area (Å²) in [6.45, 7) is 3.44. The van der Waals surface area contributed by atoms with E-state index in [0.717, 1.165) is 5.82 Å². The standard InChI is InChI=1S/C10H10ClN3O2/c1-4-6(10(15)16)7(11)8-9(12-4)14(3)5(2)13-8/h1-3H3,(H,15,16). The highest BCUT2D eigenvalue weighted by Crippen LogP contribution is 2.27. The minimum atomic E-state index is -1.08. The highest BCUT2D eigenvalue weighted by atomic mass is 35.5. The highest BCUT2D eigenvalue weighted by Gasteiger charge is 2.20. The Balaban J connectivity index is 2.94. The van der Waals surface area contributed by atoms with Crippen molar-refractivity contribution >= 4 is 28.7 Å². The summed E-state index contributed by atoms with van der Waals surface area (Å²) in [7, 11) is 1.81. The van der Waals surface area contributed by atoms with E-state index in [1.165, 1.54) is 0 Å². The highest BCUT2D eigenvalue weighted by molar-refractivity contribution is 6.37. The molecule has 5 nitrogen and oxygen atoms in total. The molecule has 6 heteroatoms. The number of carboxylic acids is 1. The Morgan fingerprint density at radius 1 is 1.38 bits per heavy atom. The van der Waals surface area contributed by atoms with E-state index in [2.05, 4.69) is 9.97 Å². The summed E-state index contributed by atoms with van der Waals surface area (Å²) < 4.78 is 1.78. The fourth-order valence-corrected chi connectivity index (χ4v) is 1.96. The van der Waals surface area contributed by atoms with E-state index in [1.54, 1.807) is 11.5 Å². The number of carbonyl (C=O) groups is 1. The van der Waals surface area contributed by atoms with E-state index in [9.17, 15) is 4.79 Å². The maximum Gasteiger partial charge on any atom is 0.339 e. The zero-order valence-electron chi connectivity index (χ0n) is 9.08. The van der Waals surface area contributed by atoms with Crippen LogP contribution in [-0.2, 0) is 7.05 Å². The molecule has 0 atom stereocenters. The summed E-state index contributed by atoms with van der Waals surface area (Å²) in [6.07, 6.45) is 0. The minimum Gasteiger partial charge on any atom is -0.478 e. The Kier molecular flexibility index (Phi) is 2.35. The molecule has 0 bridgehead atoms. The maximum atomic E-state index is 11.0. The van der Waals surface area contributed by atoms with Gasteiger partial charge in [0.25, 0.3) is 0 Å². The van der Waals surface area contributed by atoms with Crippen LogP contribution in [0.1, 0.15) is 21.9 Å². The third kappa shape index (κ3) is 1.36. The molecular weight excluding hydrogens is 230 g/mol. The Hall–Kier alpha value is -1.62. The van der Waals surface area contributed by atoms with Crippen LogP contribution in [0.15, 0.2) is 0 Å². The van der Waals surface area contributed by atoms with Gasteiger partial charge in [0, 0.05) is 7.05 Å². The van der Waals surface area contributed by atoms with Crippen molar-refractivity contribution < 1.29 is 9.90 Å². The van der Waals surface area contributed by atoms with Gasteiger partial charge in [-0.25, -0.2) is 14.8 Å². The van der Waals surface area contributed by atoms with E-state index in [0.29, 0.717) is 16.9 Å². The lowest BCUT2D eigenvalue weighted by atomic mass is 10.2. The Morgan fingerprint density at radius 2 is 2.00 bits per heavy atom. The third-order valence-electron chi connectivity index (χ3n) is 2.57. The van der Waals surface area contributed by atoms with Gasteiger partial charge in [0.2, 0.25) is 0 Å². The van der Waals surface area contributed by atoms with Crippen LogP contribution in [0.5, 0.6) is 0 Å². The van der Waals surface area contributed by atoms with Crippen molar-refractivity contribution in [2.75, 3.05) is 0 Å². The molecule has 0 fully saturated rings. The van der Waals surface area contributed by atoms with Crippen molar-refractivity contribution in [2.45, 2.75) is 13.8 Å². The first-order valence-corrected chi connectivity index (χ1v) is 5.03. The summed E-state index contributed by atoms with van der Waals surface area (Å²) in [5, 5.41) is 9.17. The van der Waals surface area contributed by atoms with Gasteiger partial charge in [0.15, 0.2) is 5.65 Å². The first kappa shape index (κ1) is 10.9. The normalized spacial score (nSPS) is 11.0. The largest absolute Gasteiger partial charge is 0.478 e. The fraction of sp³-hybridized carbons (Fsp3) is 0.300. The van der Waals surface area contributed by atoms with Gasteiger partial charge in [-0.05, 0) is 13.8 Å². The van der Waals surface area contributed by atoms with Crippen molar-refractivity contribution in [2.24, 2.45) is 7.05 Å². The molecule has 2 aromatic heterocycles. The number of aromatic carboxylic acids is 1. The van der Waals surface area contributed by atoms with E-state index >= 15 is 0 Å². The SMILES string of the molecule is Cc1nc2c(nc(C)n2C)c(Cl)c1C(=O)O. The number of hydrogen-bond acceptors (Lipinski definition) is 3. The molecule has 0 unspecified atom stereocenters. The van der Waals surface area contributed by atoms with Gasteiger partial charge in [0.05, 0.1) is 10.7 Å². The second-order valence-corrected chi connectivity index (χ2v) is 3.96. The second-order valence-electron chi connectivity index (χ2n) is 3.58. The molecule has 0 saturated heterocycles. The Bertz CT molecular complexity index is 604. The topological polar surface area (TPSA) is 68.0 Å². The lowest BCUT2D eigenvalue weighted by Crippen LogP contribution is -2.04. The fourth-order valence-electron chi connectivity index (χ4n) is 1.61. The summed E-state index contributed by atoms with van der Waals surface area (Å²) in [5.74, 6) is -0.341. The number of aromatic nitrogens is 3. The number of halogens is 1. The average Bonchev–Trinajstić information content (AvgIpc) is 2.45. The van der Waals surface area contributed by atoms with Gasteiger partial charge in [-0.1, -0.05) is 11.6 Å². The summed E-state index contributed by atoms with van der Waals surface area (Å²) in [5.41, 5.74) is 1.45. The maximum absolute atomic E-state index is 11.0. The van der Waals surface area contributed by atoms with Crippen LogP contribution in [0.2, 0.25) is 5.02 Å². The lowest BCUT2D eigenvalue weighted by molar-refractivity contribution is 0.0696. The predicted molar refractivity (Wildman–Crippen MR) is 60.0 cm³/mol. The number of rotatable bonds is 1. The van der Waals surface area contributed by atoms with Crippen molar-refractivity contribution in [1.82, 2.24) is 14.5 Å². The van der Waals surface area contributed by atoms with Gasteiger partial charge in [-0.3, -0.25) is 0 Å². The number of carboxylic acid groups (broad SMARTS) is 1. The number of imidazole rings is 1. The van der Waals surface area contributed by atoms with E-state index in [1.807, 2.05) is 14.0 Å². The molecule has 2 aromatic rings. The number of fused-ring (bicyclic) bond motifs is 1. The number of pyridine rings is 1. The second kappa shape index (κ2) is 3.45. The van der Waals surface area contributed by atoms with E-state index < -0.39 is 5.97 Å². The molecule has 0 aliphatic heterocycles. The zero-order valence-corrected chi connectivity index (χ0v) is 9.83. The zero-order chi connectivity index (χ0) is 12.0. The van der Waals surface area contributed by atoms with E-state index in [-0.39, 0.29) is 10.6 Å². The molecule has 0 spiro atoms. The van der Waals surface area contributed by atoms with Crippen molar-refractivity contribution in [3.63, 3.8) is 0 Å². The summed E-state index contributed by atoms with van der Waals surface area (Å²) in [6, 6.07) is 0. The van der Waals surface area contributed by atoms with Crippen LogP contribution in [0.3, 0.4) is 0 Å². The molecule has 0 aliphatic rings. The molecule has 0 saturated carbocycles.